The predicted molar refractivity (Wildman–Crippen MR) is 92.8 cm³/mol. The molecule has 0 radical (unpaired) electrons. The summed E-state index contributed by atoms with van der Waals surface area (Å²) in [6.45, 7) is 4.88. The van der Waals surface area contributed by atoms with Gasteiger partial charge >= 0.3 is 0 Å². The minimum atomic E-state index is -0.406. The Morgan fingerprint density at radius 2 is 2.12 bits per heavy atom. The maximum atomic E-state index is 12.9. The highest BCUT2D eigenvalue weighted by atomic mass is 16.5. The Kier molecular flexibility index (Phi) is 5.50. The number of benzene rings is 1. The number of rotatable bonds is 5. The third kappa shape index (κ3) is 3.91. The highest BCUT2D eigenvalue weighted by Gasteiger charge is 2.37. The van der Waals surface area contributed by atoms with Crippen LogP contribution < -0.4 is 0 Å². The van der Waals surface area contributed by atoms with Crippen molar-refractivity contribution in [3.8, 4) is 0 Å². The van der Waals surface area contributed by atoms with Gasteiger partial charge in [0.05, 0.1) is 18.2 Å². The van der Waals surface area contributed by atoms with E-state index in [1.54, 1.807) is 6.20 Å². The van der Waals surface area contributed by atoms with E-state index in [1.165, 1.54) is 0 Å². The van der Waals surface area contributed by atoms with Crippen molar-refractivity contribution in [2.45, 2.75) is 45.4 Å². The van der Waals surface area contributed by atoms with Gasteiger partial charge in [-0.1, -0.05) is 30.3 Å². The molecule has 0 bridgehead atoms. The van der Waals surface area contributed by atoms with Crippen LogP contribution in [0.5, 0.6) is 0 Å². The summed E-state index contributed by atoms with van der Waals surface area (Å²) >= 11 is 0. The van der Waals surface area contributed by atoms with E-state index in [2.05, 4.69) is 5.10 Å². The van der Waals surface area contributed by atoms with Crippen LogP contribution in [0.1, 0.15) is 50.1 Å². The molecule has 0 saturated carbocycles. The molecule has 0 unspecified atom stereocenters. The topological polar surface area (TPSA) is 67.6 Å². The summed E-state index contributed by atoms with van der Waals surface area (Å²) in [5.74, 6) is -0.707. The molecule has 0 aliphatic carbocycles. The molecule has 1 aliphatic heterocycles. The molecule has 6 nitrogen and oxygen atoms in total. The van der Waals surface area contributed by atoms with Gasteiger partial charge < -0.3 is 4.74 Å². The van der Waals surface area contributed by atoms with E-state index >= 15 is 0 Å². The number of ether oxygens (including phenoxy) is 1. The van der Waals surface area contributed by atoms with Crippen LogP contribution in [0.2, 0.25) is 0 Å². The highest BCUT2D eigenvalue weighted by Crippen LogP contribution is 2.35. The SMILES string of the molecule is CC(C)n1nccc1[C@@H]1OCCC[C@H]1C(=O)N(O)Cc1ccccc1. The lowest BCUT2D eigenvalue weighted by molar-refractivity contribution is -0.182. The zero-order chi connectivity index (χ0) is 17.8. The van der Waals surface area contributed by atoms with Crippen molar-refractivity contribution in [1.29, 1.82) is 0 Å². The molecule has 0 spiro atoms. The average molecular weight is 343 g/mol. The van der Waals surface area contributed by atoms with Crippen LogP contribution in [-0.2, 0) is 16.1 Å². The minimum absolute atomic E-state index is 0.173. The molecular weight excluding hydrogens is 318 g/mol. The normalized spacial score (nSPS) is 20.6. The number of amides is 1. The maximum Gasteiger partial charge on any atom is 0.252 e. The van der Waals surface area contributed by atoms with Crippen molar-refractivity contribution < 1.29 is 14.7 Å². The Labute approximate surface area is 148 Å². The first kappa shape index (κ1) is 17.6. The van der Waals surface area contributed by atoms with Gasteiger partial charge in [-0.2, -0.15) is 5.10 Å². The van der Waals surface area contributed by atoms with Gasteiger partial charge in [-0.25, -0.2) is 5.06 Å². The van der Waals surface area contributed by atoms with Crippen molar-refractivity contribution >= 4 is 5.91 Å². The first-order valence-electron chi connectivity index (χ1n) is 8.77. The molecule has 3 rings (SSSR count). The van der Waals surface area contributed by atoms with E-state index in [9.17, 15) is 10.0 Å². The summed E-state index contributed by atoms with van der Waals surface area (Å²) in [7, 11) is 0. The van der Waals surface area contributed by atoms with Gasteiger partial charge in [0.2, 0.25) is 0 Å². The summed E-state index contributed by atoms with van der Waals surface area (Å²) in [6.07, 6.45) is 2.85. The first-order valence-corrected chi connectivity index (χ1v) is 8.77. The fourth-order valence-electron chi connectivity index (χ4n) is 3.33. The Morgan fingerprint density at radius 3 is 2.84 bits per heavy atom. The van der Waals surface area contributed by atoms with Gasteiger partial charge in [0.1, 0.15) is 6.10 Å². The van der Waals surface area contributed by atoms with Gasteiger partial charge in [-0.3, -0.25) is 14.7 Å². The monoisotopic (exact) mass is 343 g/mol. The lowest BCUT2D eigenvalue weighted by Gasteiger charge is -2.33. The number of aromatic nitrogens is 2. The van der Waals surface area contributed by atoms with Crippen LogP contribution in [-0.4, -0.2) is 32.6 Å². The largest absolute Gasteiger partial charge is 0.371 e. The van der Waals surface area contributed by atoms with Gasteiger partial charge in [-0.05, 0) is 38.3 Å². The molecule has 1 saturated heterocycles. The number of carbonyl (C=O) groups is 1. The quantitative estimate of drug-likeness (QED) is 0.668. The van der Waals surface area contributed by atoms with E-state index in [1.807, 2.05) is 54.9 Å². The van der Waals surface area contributed by atoms with Crippen LogP contribution in [0.15, 0.2) is 42.6 Å². The molecule has 2 aromatic rings. The summed E-state index contributed by atoms with van der Waals surface area (Å²) < 4.78 is 7.81. The van der Waals surface area contributed by atoms with Crippen LogP contribution >= 0.6 is 0 Å². The molecule has 2 heterocycles. The van der Waals surface area contributed by atoms with Crippen molar-refractivity contribution in [3.63, 3.8) is 0 Å². The van der Waals surface area contributed by atoms with Crippen LogP contribution in [0.25, 0.3) is 0 Å². The Balaban J connectivity index is 1.78. The molecule has 2 atom stereocenters. The van der Waals surface area contributed by atoms with Gasteiger partial charge in [0.25, 0.3) is 5.91 Å². The molecule has 1 fully saturated rings. The zero-order valence-electron chi connectivity index (χ0n) is 14.7. The van der Waals surface area contributed by atoms with Crippen LogP contribution in [0.3, 0.4) is 0 Å². The molecule has 1 aliphatic rings. The number of carbonyl (C=O) groups excluding carboxylic acids is 1. The van der Waals surface area contributed by atoms with Gasteiger partial charge in [0, 0.05) is 18.8 Å². The lowest BCUT2D eigenvalue weighted by Crippen LogP contribution is -2.39. The lowest BCUT2D eigenvalue weighted by atomic mass is 9.91. The van der Waals surface area contributed by atoms with E-state index in [0.29, 0.717) is 13.0 Å². The van der Waals surface area contributed by atoms with Gasteiger partial charge in [-0.15, -0.1) is 0 Å². The smallest absolute Gasteiger partial charge is 0.252 e. The first-order chi connectivity index (χ1) is 12.1. The van der Waals surface area contributed by atoms with Crippen LogP contribution in [0.4, 0.5) is 0 Å². The minimum Gasteiger partial charge on any atom is -0.371 e. The third-order valence-electron chi connectivity index (χ3n) is 4.55. The second-order valence-corrected chi connectivity index (χ2v) is 6.72. The molecular formula is C19H25N3O3. The summed E-state index contributed by atoms with van der Waals surface area (Å²) in [6, 6.07) is 11.5. The molecule has 25 heavy (non-hydrogen) atoms. The Hall–Kier alpha value is -2.18. The fraction of sp³-hybridized carbons (Fsp3) is 0.474. The van der Waals surface area contributed by atoms with E-state index in [-0.39, 0.29) is 24.6 Å². The highest BCUT2D eigenvalue weighted by molar-refractivity contribution is 5.78. The molecule has 1 amide bonds. The van der Waals surface area contributed by atoms with E-state index in [0.717, 1.165) is 22.7 Å². The standard InChI is InChI=1S/C19H25N3O3/c1-14(2)22-17(10-11-20-22)18-16(9-6-12-25-18)19(23)21(24)13-15-7-4-3-5-8-15/h3-5,7-8,10-11,14,16,18,24H,6,9,12-13H2,1-2H3/t16-,18-/m1/s1. The second-order valence-electron chi connectivity index (χ2n) is 6.72. The number of nitrogens with zero attached hydrogens (tertiary/aromatic N) is 3. The molecule has 6 heteroatoms. The van der Waals surface area contributed by atoms with Crippen LogP contribution in [0, 0.1) is 5.92 Å². The van der Waals surface area contributed by atoms with Gasteiger partial charge in [0.15, 0.2) is 0 Å². The molecule has 1 aromatic heterocycles. The Morgan fingerprint density at radius 1 is 1.36 bits per heavy atom. The Bertz CT molecular complexity index is 699. The summed E-state index contributed by atoms with van der Waals surface area (Å²) in [5.41, 5.74) is 1.78. The third-order valence-corrected chi connectivity index (χ3v) is 4.55. The maximum absolute atomic E-state index is 12.9. The molecule has 1 N–H and O–H groups in total. The fourth-order valence-corrected chi connectivity index (χ4v) is 3.33. The molecule has 1 aromatic carbocycles. The zero-order valence-corrected chi connectivity index (χ0v) is 14.7. The second kappa shape index (κ2) is 7.80. The average Bonchev–Trinajstić information content (AvgIpc) is 3.12. The summed E-state index contributed by atoms with van der Waals surface area (Å²) in [4.78, 5) is 12.9. The summed E-state index contributed by atoms with van der Waals surface area (Å²) in [5, 5.41) is 15.5. The number of hydrogen-bond acceptors (Lipinski definition) is 4. The van der Waals surface area contributed by atoms with E-state index in [4.69, 9.17) is 4.74 Å². The number of hydroxylamine groups is 2. The van der Waals surface area contributed by atoms with Crippen molar-refractivity contribution in [1.82, 2.24) is 14.8 Å². The predicted octanol–water partition coefficient (Wildman–Crippen LogP) is 3.35. The van der Waals surface area contributed by atoms with Crippen molar-refractivity contribution in [3.05, 3.63) is 53.9 Å². The van der Waals surface area contributed by atoms with Crippen molar-refractivity contribution in [2.24, 2.45) is 5.92 Å². The number of hydrogen-bond donors (Lipinski definition) is 1. The van der Waals surface area contributed by atoms with Crippen molar-refractivity contribution in [2.75, 3.05) is 6.61 Å². The molecule has 134 valence electrons. The van der Waals surface area contributed by atoms with E-state index < -0.39 is 5.92 Å².